The van der Waals surface area contributed by atoms with Crippen molar-refractivity contribution < 1.29 is 19.3 Å². The fourth-order valence-electron chi connectivity index (χ4n) is 2.96. The lowest BCUT2D eigenvalue weighted by molar-refractivity contribution is -0.0799. The summed E-state index contributed by atoms with van der Waals surface area (Å²) < 4.78 is 22.0. The van der Waals surface area contributed by atoms with Crippen molar-refractivity contribution in [1.82, 2.24) is 19.1 Å². The average Bonchev–Trinajstić information content (AvgIpc) is 3.02. The zero-order valence-electron chi connectivity index (χ0n) is 13.4. The summed E-state index contributed by atoms with van der Waals surface area (Å²) in [5, 5.41) is 20.1. The van der Waals surface area contributed by atoms with Gasteiger partial charge in [-0.1, -0.05) is 12.8 Å². The van der Waals surface area contributed by atoms with E-state index >= 15 is 0 Å². The van der Waals surface area contributed by atoms with Crippen LogP contribution in [0, 0.1) is 12.3 Å². The Morgan fingerprint density at radius 2 is 2.32 bits per heavy atom. The van der Waals surface area contributed by atoms with E-state index in [9.17, 15) is 19.4 Å². The number of fused-ring (bicyclic) bond motifs is 1. The summed E-state index contributed by atoms with van der Waals surface area (Å²) >= 11 is 0. The van der Waals surface area contributed by atoms with Gasteiger partial charge < -0.3 is 20.7 Å². The van der Waals surface area contributed by atoms with Crippen molar-refractivity contribution in [3.8, 4) is 12.3 Å². The number of aromatic nitrogens is 4. The zero-order valence-corrected chi connectivity index (χ0v) is 13.4. The number of rotatable bonds is 4. The molecule has 0 aliphatic carbocycles. The smallest absolute Gasteiger partial charge is 0.333 e. The fourth-order valence-corrected chi connectivity index (χ4v) is 2.96. The molecule has 0 bridgehead atoms. The Morgan fingerprint density at radius 1 is 1.60 bits per heavy atom. The highest BCUT2D eigenvalue weighted by Gasteiger charge is 2.49. The summed E-state index contributed by atoms with van der Waals surface area (Å²) in [5.41, 5.74) is 5.28. The number of ether oxygens (including phenoxy) is 1. The monoisotopic (exact) mass is 351 g/mol. The van der Waals surface area contributed by atoms with Crippen LogP contribution in [0.25, 0.3) is 11.2 Å². The van der Waals surface area contributed by atoms with Crippen molar-refractivity contribution in [2.24, 2.45) is 0 Å². The maximum atomic E-state index is 14.4. The SMILES string of the molecule is C#CCn1c(=O)n([C@@H]2O[C@H]([C@@H](O)CC)[C@H](F)[C@H]2O)c2nc(N)ncc21. The maximum absolute atomic E-state index is 14.4. The number of halogens is 1. The van der Waals surface area contributed by atoms with Crippen LogP contribution in [-0.2, 0) is 11.3 Å². The van der Waals surface area contributed by atoms with Crippen molar-refractivity contribution in [2.45, 2.75) is 50.6 Å². The molecule has 1 aliphatic heterocycles. The van der Waals surface area contributed by atoms with Crippen LogP contribution >= 0.6 is 0 Å². The Hall–Kier alpha value is -2.48. The van der Waals surface area contributed by atoms with E-state index in [1.165, 1.54) is 10.8 Å². The van der Waals surface area contributed by atoms with Crippen LogP contribution in [-0.4, -0.2) is 53.8 Å². The number of terminal acetylenes is 1. The predicted octanol–water partition coefficient (Wildman–Crippen LogP) is -0.824. The lowest BCUT2D eigenvalue weighted by Crippen LogP contribution is -2.36. The largest absolute Gasteiger partial charge is 0.390 e. The lowest BCUT2D eigenvalue weighted by Gasteiger charge is -2.18. The second-order valence-corrected chi connectivity index (χ2v) is 5.78. The van der Waals surface area contributed by atoms with Gasteiger partial charge >= 0.3 is 5.69 Å². The van der Waals surface area contributed by atoms with Crippen LogP contribution in [0.3, 0.4) is 0 Å². The molecule has 3 heterocycles. The number of nitrogens with two attached hydrogens (primary N) is 1. The molecule has 5 atom stereocenters. The normalized spacial score (nSPS) is 27.5. The predicted molar refractivity (Wildman–Crippen MR) is 86.1 cm³/mol. The lowest BCUT2D eigenvalue weighted by atomic mass is 10.1. The summed E-state index contributed by atoms with van der Waals surface area (Å²) in [6.45, 7) is 1.58. The van der Waals surface area contributed by atoms with E-state index in [-0.39, 0.29) is 30.1 Å². The second-order valence-electron chi connectivity index (χ2n) is 5.78. The second kappa shape index (κ2) is 6.44. The third-order valence-corrected chi connectivity index (χ3v) is 4.25. The summed E-state index contributed by atoms with van der Waals surface area (Å²) in [6.07, 6.45) is -0.447. The number of alkyl halides is 1. The molecule has 0 unspecified atom stereocenters. The van der Waals surface area contributed by atoms with Crippen LogP contribution < -0.4 is 11.4 Å². The molecule has 0 radical (unpaired) electrons. The molecule has 10 heteroatoms. The molecule has 2 aromatic heterocycles. The van der Waals surface area contributed by atoms with Crippen LogP contribution in [0.15, 0.2) is 11.0 Å². The van der Waals surface area contributed by atoms with Crippen molar-refractivity contribution >= 4 is 17.1 Å². The Morgan fingerprint density at radius 3 is 2.96 bits per heavy atom. The minimum atomic E-state index is -1.86. The van der Waals surface area contributed by atoms with Gasteiger partial charge in [0.1, 0.15) is 17.7 Å². The summed E-state index contributed by atoms with van der Waals surface area (Å²) in [5.74, 6) is 2.23. The number of anilines is 1. The van der Waals surface area contributed by atoms with Gasteiger partial charge in [0, 0.05) is 0 Å². The molecule has 0 saturated carbocycles. The van der Waals surface area contributed by atoms with Crippen LogP contribution in [0.4, 0.5) is 10.3 Å². The van der Waals surface area contributed by atoms with E-state index in [0.717, 1.165) is 4.57 Å². The van der Waals surface area contributed by atoms with Crippen molar-refractivity contribution in [2.75, 3.05) is 5.73 Å². The van der Waals surface area contributed by atoms with Gasteiger partial charge in [-0.3, -0.25) is 4.57 Å². The third-order valence-electron chi connectivity index (χ3n) is 4.25. The highest BCUT2D eigenvalue weighted by molar-refractivity contribution is 5.72. The van der Waals surface area contributed by atoms with Gasteiger partial charge in [-0.05, 0) is 6.42 Å². The number of nitrogen functional groups attached to an aromatic ring is 1. The molecular weight excluding hydrogens is 333 g/mol. The molecule has 25 heavy (non-hydrogen) atoms. The average molecular weight is 351 g/mol. The zero-order chi connectivity index (χ0) is 18.3. The molecule has 2 aromatic rings. The van der Waals surface area contributed by atoms with Gasteiger partial charge in [0.2, 0.25) is 5.95 Å². The van der Waals surface area contributed by atoms with Crippen molar-refractivity contribution in [3.63, 3.8) is 0 Å². The van der Waals surface area contributed by atoms with Gasteiger partial charge in [-0.15, -0.1) is 6.42 Å². The summed E-state index contributed by atoms with van der Waals surface area (Å²) in [7, 11) is 0. The first kappa shape index (κ1) is 17.3. The number of hydrogen-bond donors (Lipinski definition) is 3. The van der Waals surface area contributed by atoms with E-state index in [4.69, 9.17) is 16.9 Å². The van der Waals surface area contributed by atoms with Crippen LogP contribution in [0.5, 0.6) is 0 Å². The minimum absolute atomic E-state index is 0.0654. The van der Waals surface area contributed by atoms with Gasteiger partial charge in [0.15, 0.2) is 18.0 Å². The highest BCUT2D eigenvalue weighted by Crippen LogP contribution is 2.34. The van der Waals surface area contributed by atoms with E-state index in [0.29, 0.717) is 0 Å². The van der Waals surface area contributed by atoms with E-state index in [1.54, 1.807) is 6.92 Å². The Kier molecular flexibility index (Phi) is 4.47. The molecule has 0 aromatic carbocycles. The van der Waals surface area contributed by atoms with Crippen molar-refractivity contribution in [3.05, 3.63) is 16.7 Å². The first-order valence-electron chi connectivity index (χ1n) is 7.73. The van der Waals surface area contributed by atoms with Crippen molar-refractivity contribution in [1.29, 1.82) is 0 Å². The quantitative estimate of drug-likeness (QED) is 0.614. The molecule has 1 aliphatic rings. The fraction of sp³-hybridized carbons (Fsp3) is 0.533. The molecule has 0 spiro atoms. The first-order valence-corrected chi connectivity index (χ1v) is 7.73. The minimum Gasteiger partial charge on any atom is -0.390 e. The van der Waals surface area contributed by atoms with E-state index in [2.05, 4.69) is 15.9 Å². The Labute approximate surface area is 141 Å². The summed E-state index contributed by atoms with van der Waals surface area (Å²) in [4.78, 5) is 20.5. The number of imidazole rings is 1. The van der Waals surface area contributed by atoms with Crippen LogP contribution in [0.1, 0.15) is 19.6 Å². The number of aliphatic hydroxyl groups excluding tert-OH is 2. The summed E-state index contributed by atoms with van der Waals surface area (Å²) in [6, 6.07) is 0. The molecule has 3 rings (SSSR count). The molecule has 4 N–H and O–H groups in total. The number of nitrogens with zero attached hydrogens (tertiary/aromatic N) is 4. The maximum Gasteiger partial charge on any atom is 0.333 e. The topological polar surface area (TPSA) is 128 Å². The standard InChI is InChI=1S/C15H18FN5O4/c1-3-5-20-7-6-18-14(17)19-12(7)21(15(20)24)13-10(23)9(16)11(25-13)8(22)4-2/h1,6,8-11,13,22-23H,4-5H2,2H3,(H2,17,18,19)/t8-,9+,10+,11+,13+/m0/s1. The number of aliphatic hydroxyl groups is 2. The molecule has 1 saturated heterocycles. The molecule has 134 valence electrons. The number of hydrogen-bond acceptors (Lipinski definition) is 7. The Bertz CT molecular complexity index is 888. The van der Waals surface area contributed by atoms with Gasteiger partial charge in [-0.2, -0.15) is 4.98 Å². The Balaban J connectivity index is 2.16. The third kappa shape index (κ3) is 2.66. The molecule has 1 fully saturated rings. The first-order chi connectivity index (χ1) is 11.9. The molecular formula is C15H18FN5O4. The van der Waals surface area contributed by atoms with Gasteiger partial charge in [0.25, 0.3) is 0 Å². The van der Waals surface area contributed by atoms with Gasteiger partial charge in [0.05, 0.1) is 18.8 Å². The molecule has 9 nitrogen and oxygen atoms in total. The molecule has 0 amide bonds. The van der Waals surface area contributed by atoms with Gasteiger partial charge in [-0.25, -0.2) is 18.7 Å². The van der Waals surface area contributed by atoms with Crippen LogP contribution in [0.2, 0.25) is 0 Å². The van der Waals surface area contributed by atoms with E-state index in [1.807, 2.05) is 0 Å². The van der Waals surface area contributed by atoms with E-state index < -0.39 is 36.4 Å². The highest BCUT2D eigenvalue weighted by atomic mass is 19.1.